The first-order valence-electron chi connectivity index (χ1n) is 11.9. The summed E-state index contributed by atoms with van der Waals surface area (Å²) in [5.74, 6) is 0.985. The number of nitrogens with one attached hydrogen (secondary N) is 2. The average molecular weight is 475 g/mol. The van der Waals surface area contributed by atoms with Gasteiger partial charge < -0.3 is 24.8 Å². The molecule has 0 saturated carbocycles. The third-order valence-corrected chi connectivity index (χ3v) is 6.19. The highest BCUT2D eigenvalue weighted by Gasteiger charge is 2.21. The zero-order valence-electron chi connectivity index (χ0n) is 20.5. The van der Waals surface area contributed by atoms with Crippen LogP contribution in [0.1, 0.15) is 31.4 Å². The van der Waals surface area contributed by atoms with Crippen LogP contribution in [0.25, 0.3) is 11.0 Å². The number of aryl methyl sites for hydroxylation is 1. The molecule has 184 valence electrons. The van der Waals surface area contributed by atoms with E-state index in [4.69, 9.17) is 4.74 Å². The Bertz CT molecular complexity index is 1250. The Hall–Kier alpha value is -3.55. The highest BCUT2D eigenvalue weighted by Crippen LogP contribution is 2.26. The Morgan fingerprint density at radius 2 is 1.77 bits per heavy atom. The number of anilines is 1. The molecule has 4 N–H and O–H groups in total. The molecule has 0 bridgehead atoms. The van der Waals surface area contributed by atoms with Crippen molar-refractivity contribution in [3.05, 3.63) is 84.2 Å². The highest BCUT2D eigenvalue weighted by molar-refractivity contribution is 5.74. The molecule has 1 unspecified atom stereocenters. The van der Waals surface area contributed by atoms with Crippen LogP contribution in [-0.2, 0) is 19.5 Å². The number of phenols is 1. The number of ether oxygens (including phenoxy) is 1. The normalized spacial score (nSPS) is 12.6. The number of hydrogen-bond acceptors (Lipinski definition) is 6. The number of aliphatic hydroxyl groups excluding tert-OH is 1. The molecule has 1 atom stereocenters. The molecule has 0 aliphatic rings. The monoisotopic (exact) mass is 474 g/mol. The fourth-order valence-corrected chi connectivity index (χ4v) is 4.18. The fraction of sp³-hybridized carbons (Fsp3) is 0.321. The summed E-state index contributed by atoms with van der Waals surface area (Å²) in [6, 6.07) is 21.3. The van der Waals surface area contributed by atoms with Crippen LogP contribution >= 0.6 is 0 Å². The van der Waals surface area contributed by atoms with Crippen molar-refractivity contribution in [1.29, 1.82) is 0 Å². The van der Waals surface area contributed by atoms with Gasteiger partial charge in [0.05, 0.1) is 30.2 Å². The number of para-hydroxylation sites is 2. The third-order valence-electron chi connectivity index (χ3n) is 6.19. The molecule has 0 fully saturated rings. The van der Waals surface area contributed by atoms with Crippen LogP contribution < -0.4 is 15.4 Å². The van der Waals surface area contributed by atoms with Crippen LogP contribution in [0.2, 0.25) is 0 Å². The van der Waals surface area contributed by atoms with Gasteiger partial charge in [-0.15, -0.1) is 0 Å². The van der Waals surface area contributed by atoms with Gasteiger partial charge in [-0.2, -0.15) is 0 Å². The Kier molecular flexibility index (Phi) is 7.58. The zero-order valence-corrected chi connectivity index (χ0v) is 20.5. The van der Waals surface area contributed by atoms with Crippen LogP contribution in [-0.4, -0.2) is 38.6 Å². The number of aliphatic hydroxyl groups is 1. The summed E-state index contributed by atoms with van der Waals surface area (Å²) in [5, 5.41) is 27.7. The number of rotatable bonds is 11. The van der Waals surface area contributed by atoms with Crippen LogP contribution in [0.15, 0.2) is 73.1 Å². The zero-order chi connectivity index (χ0) is 24.8. The number of fused-ring (bicyclic) bond motifs is 1. The summed E-state index contributed by atoms with van der Waals surface area (Å²) < 4.78 is 7.34. The summed E-state index contributed by atoms with van der Waals surface area (Å²) in [6.45, 7) is 5.55. The van der Waals surface area contributed by atoms with E-state index in [1.807, 2.05) is 60.9 Å². The number of benzene rings is 3. The largest absolute Gasteiger partial charge is 0.506 e. The second kappa shape index (κ2) is 10.8. The Balaban J connectivity index is 1.32. The van der Waals surface area contributed by atoms with Crippen LogP contribution in [0.3, 0.4) is 0 Å². The van der Waals surface area contributed by atoms with Gasteiger partial charge in [0.15, 0.2) is 0 Å². The molecular weight excluding hydrogens is 440 g/mol. The highest BCUT2D eigenvalue weighted by atomic mass is 16.5. The molecule has 4 aromatic rings. The van der Waals surface area contributed by atoms with E-state index in [0.717, 1.165) is 40.9 Å². The Labute approximate surface area is 206 Å². The Morgan fingerprint density at radius 3 is 2.54 bits per heavy atom. The number of imidazole rings is 1. The number of nitrogens with zero attached hydrogens (tertiary/aromatic N) is 2. The molecule has 0 spiro atoms. The lowest BCUT2D eigenvalue weighted by Gasteiger charge is -2.30. The topological polar surface area (TPSA) is 91.6 Å². The molecule has 1 heterocycles. The number of hydrogen-bond donors (Lipinski definition) is 4. The van der Waals surface area contributed by atoms with Gasteiger partial charge in [0.25, 0.3) is 0 Å². The van der Waals surface area contributed by atoms with Gasteiger partial charge in [-0.25, -0.2) is 4.98 Å². The summed E-state index contributed by atoms with van der Waals surface area (Å²) in [6.07, 6.45) is 2.40. The van der Waals surface area contributed by atoms with Crippen LogP contribution in [0, 0.1) is 0 Å². The van der Waals surface area contributed by atoms with Gasteiger partial charge in [0.2, 0.25) is 0 Å². The Morgan fingerprint density at radius 1 is 1.03 bits per heavy atom. The molecule has 4 rings (SSSR count). The first-order chi connectivity index (χ1) is 16.8. The van der Waals surface area contributed by atoms with Crippen molar-refractivity contribution in [2.24, 2.45) is 0 Å². The first kappa shape index (κ1) is 24.6. The second-order valence-electron chi connectivity index (χ2n) is 9.48. The minimum absolute atomic E-state index is 0.178. The molecule has 0 saturated heterocycles. The standard InChI is InChI=1S/C28H34N4O3/c1-28(2,14-15-32-19-30-23-6-4-5-7-25(23)32)31-27(34)17-21-10-13-26(33)24(16-21)29-18-20-8-11-22(35-3)12-9-20/h4-13,16,19,27,29,31,33-34H,14-15,17-18H2,1-3H3. The van der Waals surface area contributed by atoms with Crippen molar-refractivity contribution >= 4 is 16.7 Å². The van der Waals surface area contributed by atoms with Crippen molar-refractivity contribution in [3.63, 3.8) is 0 Å². The van der Waals surface area contributed by atoms with Crippen LogP contribution in [0.4, 0.5) is 5.69 Å². The quantitative estimate of drug-likeness (QED) is 0.186. The predicted octanol–water partition coefficient (Wildman–Crippen LogP) is 4.68. The van der Waals surface area contributed by atoms with E-state index in [1.165, 1.54) is 0 Å². The first-order valence-corrected chi connectivity index (χ1v) is 11.9. The molecule has 0 radical (unpaired) electrons. The van der Waals surface area contributed by atoms with E-state index < -0.39 is 6.23 Å². The molecule has 0 aliphatic heterocycles. The minimum Gasteiger partial charge on any atom is -0.506 e. The second-order valence-corrected chi connectivity index (χ2v) is 9.48. The van der Waals surface area contributed by atoms with Gasteiger partial charge in [-0.1, -0.05) is 30.3 Å². The number of aromatic hydroxyl groups is 1. The number of aromatic nitrogens is 2. The average Bonchev–Trinajstić information content (AvgIpc) is 3.26. The summed E-state index contributed by atoms with van der Waals surface area (Å²) in [4.78, 5) is 4.45. The SMILES string of the molecule is COc1ccc(CNc2cc(CC(O)NC(C)(C)CCn3cnc4ccccc43)ccc2O)cc1. The maximum atomic E-state index is 10.8. The molecule has 7 heteroatoms. The molecule has 7 nitrogen and oxygen atoms in total. The maximum absolute atomic E-state index is 10.8. The van der Waals surface area contributed by atoms with Crippen molar-refractivity contribution < 1.29 is 14.9 Å². The maximum Gasteiger partial charge on any atom is 0.138 e. The lowest BCUT2D eigenvalue weighted by atomic mass is 9.99. The number of methoxy groups -OCH3 is 1. The smallest absolute Gasteiger partial charge is 0.138 e. The predicted molar refractivity (Wildman–Crippen MR) is 140 cm³/mol. The van der Waals surface area contributed by atoms with Gasteiger partial charge in [0.1, 0.15) is 17.7 Å². The summed E-state index contributed by atoms with van der Waals surface area (Å²) >= 11 is 0. The van der Waals surface area contributed by atoms with Gasteiger partial charge in [-0.05, 0) is 67.8 Å². The lowest BCUT2D eigenvalue weighted by molar-refractivity contribution is 0.0967. The number of phenolic OH excluding ortho intramolecular Hbond substituents is 1. The molecule has 0 amide bonds. The van der Waals surface area contributed by atoms with Crippen molar-refractivity contribution in [3.8, 4) is 11.5 Å². The van der Waals surface area contributed by atoms with Crippen LogP contribution in [0.5, 0.6) is 11.5 Å². The van der Waals surface area contributed by atoms with E-state index in [2.05, 4.69) is 40.1 Å². The van der Waals surface area contributed by atoms with Crippen molar-refractivity contribution in [1.82, 2.24) is 14.9 Å². The van der Waals surface area contributed by atoms with E-state index in [0.29, 0.717) is 18.7 Å². The summed E-state index contributed by atoms with van der Waals surface area (Å²) in [5.41, 5.74) is 4.46. The molecule has 1 aromatic heterocycles. The van der Waals surface area contributed by atoms with Gasteiger partial charge >= 0.3 is 0 Å². The lowest BCUT2D eigenvalue weighted by Crippen LogP contribution is -2.47. The molecule has 0 aliphatic carbocycles. The molecule has 35 heavy (non-hydrogen) atoms. The minimum atomic E-state index is -0.719. The molecule has 3 aromatic carbocycles. The van der Waals surface area contributed by atoms with E-state index in [-0.39, 0.29) is 11.3 Å². The van der Waals surface area contributed by atoms with E-state index in [9.17, 15) is 10.2 Å². The van der Waals surface area contributed by atoms with Crippen molar-refractivity contribution in [2.45, 2.75) is 51.5 Å². The van der Waals surface area contributed by atoms with Crippen molar-refractivity contribution in [2.75, 3.05) is 12.4 Å². The third kappa shape index (κ3) is 6.53. The van der Waals surface area contributed by atoms with Gasteiger partial charge in [0, 0.05) is 25.0 Å². The molecular formula is C28H34N4O3. The van der Waals surface area contributed by atoms with E-state index in [1.54, 1.807) is 13.2 Å². The van der Waals surface area contributed by atoms with Gasteiger partial charge in [-0.3, -0.25) is 5.32 Å². The fourth-order valence-electron chi connectivity index (χ4n) is 4.18. The van der Waals surface area contributed by atoms with E-state index >= 15 is 0 Å². The summed E-state index contributed by atoms with van der Waals surface area (Å²) in [7, 11) is 1.64.